The van der Waals surface area contributed by atoms with Gasteiger partial charge in [-0.15, -0.1) is 0 Å². The predicted octanol–water partition coefficient (Wildman–Crippen LogP) is 3.97. The third kappa shape index (κ3) is 4.85. The summed E-state index contributed by atoms with van der Waals surface area (Å²) in [6.07, 6.45) is 5.66. The number of aliphatic imine (C=N–C) groups is 1. The minimum atomic E-state index is 0.567. The average Bonchev–Trinajstić information content (AvgIpc) is 3.28. The highest BCUT2D eigenvalue weighted by atomic mass is 16.5. The van der Waals surface area contributed by atoms with Crippen molar-refractivity contribution in [1.29, 1.82) is 0 Å². The van der Waals surface area contributed by atoms with Crippen molar-refractivity contribution in [1.82, 2.24) is 14.9 Å². The normalized spacial score (nSPS) is 13.3. The van der Waals surface area contributed by atoms with Crippen LogP contribution >= 0.6 is 0 Å². The van der Waals surface area contributed by atoms with Gasteiger partial charge in [-0.25, -0.2) is 4.98 Å². The number of likely N-dealkylation sites (N-methyl/N-ethyl adjacent to an activating group) is 1. The van der Waals surface area contributed by atoms with Crippen LogP contribution in [0, 0.1) is 0 Å². The van der Waals surface area contributed by atoms with Crippen LogP contribution in [0.3, 0.4) is 0 Å². The molecule has 6 nitrogen and oxygen atoms in total. The number of hydrogen-bond donors (Lipinski definition) is 0. The summed E-state index contributed by atoms with van der Waals surface area (Å²) in [7, 11) is 3.78. The monoisotopic (exact) mass is 388 g/mol. The van der Waals surface area contributed by atoms with Crippen LogP contribution in [-0.2, 0) is 11.3 Å². The molecule has 148 valence electrons. The van der Waals surface area contributed by atoms with E-state index in [2.05, 4.69) is 34.1 Å². The van der Waals surface area contributed by atoms with Crippen molar-refractivity contribution in [3.8, 4) is 11.6 Å². The highest BCUT2D eigenvalue weighted by Crippen LogP contribution is 2.25. The largest absolute Gasteiger partial charge is 0.439 e. The van der Waals surface area contributed by atoms with E-state index in [1.54, 1.807) is 7.11 Å². The maximum Gasteiger partial charge on any atom is 0.219 e. The van der Waals surface area contributed by atoms with E-state index in [9.17, 15) is 0 Å². The van der Waals surface area contributed by atoms with Gasteiger partial charge < -0.3 is 9.47 Å². The van der Waals surface area contributed by atoms with E-state index in [0.717, 1.165) is 41.0 Å². The van der Waals surface area contributed by atoms with Gasteiger partial charge in [0.15, 0.2) is 0 Å². The van der Waals surface area contributed by atoms with E-state index in [-0.39, 0.29) is 0 Å². The Morgan fingerprint density at radius 3 is 2.79 bits per heavy atom. The summed E-state index contributed by atoms with van der Waals surface area (Å²) in [6.45, 7) is 3.09. The van der Waals surface area contributed by atoms with Gasteiger partial charge in [0.25, 0.3) is 0 Å². The highest BCUT2D eigenvalue weighted by Gasteiger charge is 2.07. The number of fused-ring (bicyclic) bond motifs is 1. The zero-order valence-electron chi connectivity index (χ0n) is 16.7. The van der Waals surface area contributed by atoms with Crippen LogP contribution in [0.4, 0.5) is 0 Å². The lowest BCUT2D eigenvalue weighted by atomic mass is 10.1. The summed E-state index contributed by atoms with van der Waals surface area (Å²) < 4.78 is 11.1. The van der Waals surface area contributed by atoms with Crippen molar-refractivity contribution in [2.24, 2.45) is 4.99 Å². The Labute approximate surface area is 170 Å². The zero-order valence-corrected chi connectivity index (χ0v) is 16.7. The summed E-state index contributed by atoms with van der Waals surface area (Å²) in [4.78, 5) is 15.6. The molecule has 0 fully saturated rings. The molecule has 0 N–H and O–H groups in total. The van der Waals surface area contributed by atoms with E-state index in [1.807, 2.05) is 48.8 Å². The first-order valence-corrected chi connectivity index (χ1v) is 9.62. The molecule has 4 rings (SSSR count). The van der Waals surface area contributed by atoms with Gasteiger partial charge in [0.1, 0.15) is 5.75 Å². The number of allylic oxidation sites excluding steroid dienone is 1. The number of rotatable bonds is 8. The van der Waals surface area contributed by atoms with Crippen LogP contribution in [0.25, 0.3) is 16.5 Å². The summed E-state index contributed by atoms with van der Waals surface area (Å²) >= 11 is 0. The molecule has 0 bridgehead atoms. The molecule has 0 atom stereocenters. The number of ether oxygens (including phenoxy) is 2. The van der Waals surface area contributed by atoms with Gasteiger partial charge in [0, 0.05) is 44.1 Å². The molecule has 1 aliphatic heterocycles. The van der Waals surface area contributed by atoms with Crippen molar-refractivity contribution in [2.45, 2.75) is 6.54 Å². The smallest absolute Gasteiger partial charge is 0.219 e. The molecule has 1 aromatic carbocycles. The van der Waals surface area contributed by atoms with E-state index in [4.69, 9.17) is 14.5 Å². The second-order valence-electron chi connectivity index (χ2n) is 7.06. The third-order valence-electron chi connectivity index (χ3n) is 4.80. The van der Waals surface area contributed by atoms with Crippen LogP contribution in [0.15, 0.2) is 59.7 Å². The quantitative estimate of drug-likeness (QED) is 0.584. The van der Waals surface area contributed by atoms with Crippen molar-refractivity contribution in [3.05, 3.63) is 66.0 Å². The predicted molar refractivity (Wildman–Crippen MR) is 116 cm³/mol. The SMILES string of the molecule is COCCN(C)Cc1ccc2cc(Oc3ccc(C4=CC=NC4)cn3)ccc2n1. The van der Waals surface area contributed by atoms with Gasteiger partial charge in [-0.1, -0.05) is 6.07 Å². The van der Waals surface area contributed by atoms with Crippen molar-refractivity contribution in [2.75, 3.05) is 33.9 Å². The first-order chi connectivity index (χ1) is 14.2. The Morgan fingerprint density at radius 1 is 1.10 bits per heavy atom. The van der Waals surface area contributed by atoms with Crippen LogP contribution in [0.1, 0.15) is 11.3 Å². The summed E-state index contributed by atoms with van der Waals surface area (Å²) in [5.74, 6) is 1.31. The Morgan fingerprint density at radius 2 is 2.03 bits per heavy atom. The van der Waals surface area contributed by atoms with Crippen molar-refractivity contribution < 1.29 is 9.47 Å². The molecule has 6 heteroatoms. The lowest BCUT2D eigenvalue weighted by Crippen LogP contribution is -2.22. The van der Waals surface area contributed by atoms with E-state index >= 15 is 0 Å². The summed E-state index contributed by atoms with van der Waals surface area (Å²) in [6, 6.07) is 13.9. The molecule has 0 saturated heterocycles. The molecule has 0 radical (unpaired) electrons. The molecule has 0 aliphatic carbocycles. The molecule has 0 amide bonds. The van der Waals surface area contributed by atoms with Crippen LogP contribution in [0.5, 0.6) is 11.6 Å². The Bertz CT molecular complexity index is 1040. The lowest BCUT2D eigenvalue weighted by molar-refractivity contribution is 0.158. The fourth-order valence-corrected chi connectivity index (χ4v) is 3.19. The van der Waals surface area contributed by atoms with Gasteiger partial charge in [0.2, 0.25) is 5.88 Å². The Balaban J connectivity index is 1.44. The minimum Gasteiger partial charge on any atom is -0.439 e. The molecule has 3 aromatic rings. The van der Waals surface area contributed by atoms with Crippen molar-refractivity contribution in [3.63, 3.8) is 0 Å². The molecule has 2 aromatic heterocycles. The number of methoxy groups -OCH3 is 1. The van der Waals surface area contributed by atoms with E-state index < -0.39 is 0 Å². The Hall–Kier alpha value is -3.09. The van der Waals surface area contributed by atoms with Gasteiger partial charge >= 0.3 is 0 Å². The topological polar surface area (TPSA) is 59.8 Å². The van der Waals surface area contributed by atoms with Gasteiger partial charge in [-0.3, -0.25) is 14.9 Å². The average molecular weight is 388 g/mol. The lowest BCUT2D eigenvalue weighted by Gasteiger charge is -2.15. The minimum absolute atomic E-state index is 0.567. The number of aromatic nitrogens is 2. The molecule has 1 aliphatic rings. The molecular weight excluding hydrogens is 364 g/mol. The van der Waals surface area contributed by atoms with E-state index in [0.29, 0.717) is 19.0 Å². The molecule has 0 unspecified atom stereocenters. The molecule has 0 spiro atoms. The number of nitrogens with zero attached hydrogens (tertiary/aromatic N) is 4. The second kappa shape index (κ2) is 8.94. The second-order valence-corrected chi connectivity index (χ2v) is 7.06. The first kappa shape index (κ1) is 19.2. The van der Waals surface area contributed by atoms with Crippen LogP contribution < -0.4 is 4.74 Å². The van der Waals surface area contributed by atoms with Crippen molar-refractivity contribution >= 4 is 22.7 Å². The van der Waals surface area contributed by atoms with E-state index in [1.165, 1.54) is 5.57 Å². The fourth-order valence-electron chi connectivity index (χ4n) is 3.19. The van der Waals surface area contributed by atoms with Crippen LogP contribution in [0.2, 0.25) is 0 Å². The first-order valence-electron chi connectivity index (χ1n) is 9.62. The van der Waals surface area contributed by atoms with Gasteiger partial charge in [0.05, 0.1) is 24.4 Å². The maximum absolute atomic E-state index is 5.93. The summed E-state index contributed by atoms with van der Waals surface area (Å²) in [5.41, 5.74) is 4.23. The number of hydrogen-bond acceptors (Lipinski definition) is 6. The highest BCUT2D eigenvalue weighted by molar-refractivity contribution is 5.89. The molecule has 3 heterocycles. The molecule has 29 heavy (non-hydrogen) atoms. The standard InChI is InChI=1S/C23H24N4O2/c1-27(11-12-28-2)16-20-5-3-17-13-21(6-7-22(17)26-20)29-23-8-4-18(15-25-23)19-9-10-24-14-19/h3-10,13,15H,11-12,14,16H2,1-2H3. The summed E-state index contributed by atoms with van der Waals surface area (Å²) in [5, 5.41) is 1.04. The van der Waals surface area contributed by atoms with Gasteiger partial charge in [-0.2, -0.15) is 0 Å². The number of benzene rings is 1. The zero-order chi connectivity index (χ0) is 20.1. The van der Waals surface area contributed by atoms with Crippen LogP contribution in [-0.4, -0.2) is 54.9 Å². The third-order valence-corrected chi connectivity index (χ3v) is 4.80. The maximum atomic E-state index is 5.93. The molecular formula is C23H24N4O2. The Kier molecular flexibility index (Phi) is 5.93. The fraction of sp³-hybridized carbons (Fsp3) is 0.261. The molecule has 0 saturated carbocycles. The van der Waals surface area contributed by atoms with Gasteiger partial charge in [-0.05, 0) is 54.6 Å². The number of pyridine rings is 2.